The molecule has 0 fully saturated rings. The summed E-state index contributed by atoms with van der Waals surface area (Å²) in [7, 11) is 0. The van der Waals surface area contributed by atoms with Crippen LogP contribution in [0.5, 0.6) is 0 Å². The minimum Gasteiger partial charge on any atom is -0.480 e. The maximum absolute atomic E-state index is 10.2. The molecule has 3 N–H and O–H groups in total. The molecule has 0 saturated heterocycles. The van der Waals surface area contributed by atoms with Gasteiger partial charge in [-0.3, -0.25) is 4.79 Å². The zero-order valence-corrected chi connectivity index (χ0v) is 7.89. The van der Waals surface area contributed by atoms with E-state index in [2.05, 4.69) is 0 Å². The number of carboxylic acid groups (broad SMARTS) is 1. The van der Waals surface area contributed by atoms with Crippen LogP contribution in [0.1, 0.15) is 6.42 Å². The maximum Gasteiger partial charge on any atom is 0.323 e. The topological polar surface area (TPSA) is 69.6 Å². The smallest absolute Gasteiger partial charge is 0.323 e. The van der Waals surface area contributed by atoms with Crippen LogP contribution in [-0.4, -0.2) is 34.3 Å². The quantitative estimate of drug-likeness (QED) is 0.581. The second-order valence-corrected chi connectivity index (χ2v) is 2.79. The van der Waals surface area contributed by atoms with Crippen molar-refractivity contribution in [2.45, 2.75) is 12.5 Å². The molecule has 0 bridgehead atoms. The van der Waals surface area contributed by atoms with E-state index in [9.17, 15) is 4.79 Å². The zero-order chi connectivity index (χ0) is 7.98. The first-order chi connectivity index (χ1) is 4.72. The standard InChI is InChI=1S/C5H11NO3S.Co/c1-10-3-2-4(6-9)5(7)8;/h4,6,9H,2-3H2,1H3,(H,7,8);. The summed E-state index contributed by atoms with van der Waals surface area (Å²) < 4.78 is 0. The molecule has 0 heterocycles. The Morgan fingerprint density at radius 2 is 2.27 bits per heavy atom. The van der Waals surface area contributed by atoms with E-state index in [0.717, 1.165) is 5.75 Å². The summed E-state index contributed by atoms with van der Waals surface area (Å²) in [6, 6.07) is -0.826. The van der Waals surface area contributed by atoms with Gasteiger partial charge in [0.15, 0.2) is 0 Å². The maximum atomic E-state index is 10.2. The Morgan fingerprint density at radius 1 is 1.73 bits per heavy atom. The van der Waals surface area contributed by atoms with Crippen molar-refractivity contribution in [3.63, 3.8) is 0 Å². The largest absolute Gasteiger partial charge is 0.480 e. The summed E-state index contributed by atoms with van der Waals surface area (Å²) in [4.78, 5) is 10.2. The van der Waals surface area contributed by atoms with Crippen molar-refractivity contribution in [1.82, 2.24) is 5.48 Å². The number of nitrogens with one attached hydrogen (secondary N) is 1. The molecular weight excluding hydrogens is 213 g/mol. The fourth-order valence-electron chi connectivity index (χ4n) is 0.479. The number of aliphatic carboxylic acids is 1. The summed E-state index contributed by atoms with van der Waals surface area (Å²) in [6.45, 7) is 0. The molecule has 1 radical (unpaired) electrons. The monoisotopic (exact) mass is 224 g/mol. The van der Waals surface area contributed by atoms with Gasteiger partial charge in [0.1, 0.15) is 6.04 Å². The number of rotatable bonds is 5. The third-order valence-electron chi connectivity index (χ3n) is 1.06. The molecule has 0 aromatic heterocycles. The summed E-state index contributed by atoms with van der Waals surface area (Å²) in [5, 5.41) is 16.7. The van der Waals surface area contributed by atoms with Crippen LogP contribution >= 0.6 is 11.8 Å². The number of thioether (sulfide) groups is 1. The first kappa shape index (κ1) is 13.8. The van der Waals surface area contributed by atoms with Crippen LogP contribution < -0.4 is 5.48 Å². The van der Waals surface area contributed by atoms with Crippen molar-refractivity contribution < 1.29 is 31.9 Å². The van der Waals surface area contributed by atoms with Crippen LogP contribution in [0.3, 0.4) is 0 Å². The van der Waals surface area contributed by atoms with Crippen LogP contribution in [0, 0.1) is 0 Å². The second kappa shape index (κ2) is 8.34. The molecule has 6 heteroatoms. The minimum absolute atomic E-state index is 0. The third kappa shape index (κ3) is 6.64. The summed E-state index contributed by atoms with van der Waals surface area (Å²) >= 11 is 1.55. The average Bonchev–Trinajstić information content (AvgIpc) is 1.89. The van der Waals surface area contributed by atoms with Gasteiger partial charge in [-0.25, -0.2) is 0 Å². The molecule has 69 valence electrons. The van der Waals surface area contributed by atoms with Gasteiger partial charge in [0, 0.05) is 16.8 Å². The number of hydroxylamine groups is 1. The Morgan fingerprint density at radius 3 is 2.55 bits per heavy atom. The van der Waals surface area contributed by atoms with E-state index in [0.29, 0.717) is 6.42 Å². The van der Waals surface area contributed by atoms with Gasteiger partial charge in [0.25, 0.3) is 0 Å². The molecular formula is C5H11CoNO3S. The minimum atomic E-state index is -1.02. The van der Waals surface area contributed by atoms with Crippen LogP contribution in [-0.2, 0) is 21.6 Å². The molecule has 0 aliphatic heterocycles. The average molecular weight is 224 g/mol. The molecule has 0 amide bonds. The van der Waals surface area contributed by atoms with Gasteiger partial charge in [-0.05, 0) is 18.4 Å². The van der Waals surface area contributed by atoms with Gasteiger partial charge in [0.2, 0.25) is 0 Å². The van der Waals surface area contributed by atoms with E-state index in [-0.39, 0.29) is 16.8 Å². The van der Waals surface area contributed by atoms with Crippen LogP contribution in [0.4, 0.5) is 0 Å². The van der Waals surface area contributed by atoms with Gasteiger partial charge in [0.05, 0.1) is 0 Å². The Hall–Kier alpha value is 0.246. The first-order valence-corrected chi connectivity index (χ1v) is 4.23. The Labute approximate surface area is 79.9 Å². The van der Waals surface area contributed by atoms with Gasteiger partial charge >= 0.3 is 5.97 Å². The SMILES string of the molecule is CSCCC(NO)C(=O)O.[Co]. The third-order valence-corrected chi connectivity index (χ3v) is 1.71. The van der Waals surface area contributed by atoms with E-state index in [4.69, 9.17) is 10.3 Å². The Kier molecular flexibility index (Phi) is 10.5. The van der Waals surface area contributed by atoms with Crippen LogP contribution in [0.2, 0.25) is 0 Å². The molecule has 1 unspecified atom stereocenters. The van der Waals surface area contributed by atoms with Gasteiger partial charge in [-0.2, -0.15) is 17.2 Å². The van der Waals surface area contributed by atoms with E-state index in [1.807, 2.05) is 6.26 Å². The molecule has 0 aliphatic rings. The van der Waals surface area contributed by atoms with Crippen molar-refractivity contribution in [2.75, 3.05) is 12.0 Å². The van der Waals surface area contributed by atoms with Crippen molar-refractivity contribution >= 4 is 17.7 Å². The Balaban J connectivity index is 0. The number of carbonyl (C=O) groups is 1. The second-order valence-electron chi connectivity index (χ2n) is 1.80. The number of carboxylic acids is 1. The van der Waals surface area contributed by atoms with Crippen molar-refractivity contribution in [2.24, 2.45) is 0 Å². The molecule has 11 heavy (non-hydrogen) atoms. The van der Waals surface area contributed by atoms with E-state index in [1.165, 1.54) is 0 Å². The molecule has 0 aromatic carbocycles. The molecule has 0 aromatic rings. The van der Waals surface area contributed by atoms with Gasteiger partial charge in [-0.15, -0.1) is 0 Å². The predicted octanol–water partition coefficient (Wildman–Crippen LogP) is 0.169. The Bertz CT molecular complexity index is 114. The fourth-order valence-corrected chi connectivity index (χ4v) is 0.950. The van der Waals surface area contributed by atoms with Gasteiger partial charge in [-0.1, -0.05) is 0 Å². The summed E-state index contributed by atoms with van der Waals surface area (Å²) in [5.41, 5.74) is 1.72. The van der Waals surface area contributed by atoms with E-state index < -0.39 is 12.0 Å². The zero-order valence-electron chi connectivity index (χ0n) is 6.04. The van der Waals surface area contributed by atoms with Gasteiger partial charge < -0.3 is 10.3 Å². The van der Waals surface area contributed by atoms with Crippen molar-refractivity contribution in [3.8, 4) is 0 Å². The van der Waals surface area contributed by atoms with Crippen molar-refractivity contribution in [3.05, 3.63) is 0 Å². The van der Waals surface area contributed by atoms with Crippen molar-refractivity contribution in [1.29, 1.82) is 0 Å². The van der Waals surface area contributed by atoms with E-state index in [1.54, 1.807) is 17.2 Å². The molecule has 0 saturated carbocycles. The number of hydrogen-bond donors (Lipinski definition) is 3. The van der Waals surface area contributed by atoms with E-state index >= 15 is 0 Å². The number of hydrogen-bond acceptors (Lipinski definition) is 4. The summed E-state index contributed by atoms with van der Waals surface area (Å²) in [6.07, 6.45) is 2.32. The summed E-state index contributed by atoms with van der Waals surface area (Å²) in [5.74, 6) is -0.290. The molecule has 0 spiro atoms. The molecule has 0 rings (SSSR count). The predicted molar refractivity (Wildman–Crippen MR) is 39.3 cm³/mol. The molecule has 0 aliphatic carbocycles. The fraction of sp³-hybridized carbons (Fsp3) is 0.800. The first-order valence-electron chi connectivity index (χ1n) is 2.83. The normalized spacial score (nSPS) is 11.8. The molecule has 4 nitrogen and oxygen atoms in total. The van der Waals surface area contributed by atoms with Crippen LogP contribution in [0.15, 0.2) is 0 Å². The van der Waals surface area contributed by atoms with Crippen LogP contribution in [0.25, 0.3) is 0 Å². The molecule has 1 atom stereocenters.